The number of nitrogens with two attached hydrogens (primary N) is 1. The second-order valence-electron chi connectivity index (χ2n) is 3.64. The average molecular weight is 245 g/mol. The molecular weight excluding hydrogens is 232 g/mol. The zero-order valence-electron chi connectivity index (χ0n) is 8.29. The molecular formula is C9H13ClN4S. The molecule has 0 radical (unpaired) electrons. The van der Waals surface area contributed by atoms with Crippen LogP contribution in [0.3, 0.4) is 0 Å². The fourth-order valence-electron chi connectivity index (χ4n) is 1.78. The zero-order valence-corrected chi connectivity index (χ0v) is 9.87. The molecule has 1 aliphatic rings. The van der Waals surface area contributed by atoms with Crippen LogP contribution in [-0.4, -0.2) is 23.1 Å². The standard InChI is InChI=1S/C9H13ClN4S/c10-6-7(11)12-9(15)13-8(6)14-4-2-1-3-5-14/h1-5H2,(H3,11,12,13,15). The summed E-state index contributed by atoms with van der Waals surface area (Å²) in [6.07, 6.45) is 3.61. The highest BCUT2D eigenvalue weighted by Crippen LogP contribution is 2.29. The molecule has 82 valence electrons. The predicted molar refractivity (Wildman–Crippen MR) is 64.9 cm³/mol. The molecule has 1 aliphatic heterocycles. The van der Waals surface area contributed by atoms with Crippen molar-refractivity contribution in [3.8, 4) is 0 Å². The quantitative estimate of drug-likeness (QED) is 0.745. The van der Waals surface area contributed by atoms with Gasteiger partial charge in [-0.05, 0) is 31.5 Å². The van der Waals surface area contributed by atoms with Crippen LogP contribution in [0.15, 0.2) is 0 Å². The van der Waals surface area contributed by atoms with Crippen LogP contribution in [0.4, 0.5) is 11.6 Å². The molecule has 2 rings (SSSR count). The van der Waals surface area contributed by atoms with Gasteiger partial charge in [-0.15, -0.1) is 0 Å². The van der Waals surface area contributed by atoms with Crippen LogP contribution in [0.5, 0.6) is 0 Å². The lowest BCUT2D eigenvalue weighted by Gasteiger charge is -2.28. The largest absolute Gasteiger partial charge is 0.384 e. The fraction of sp³-hybridized carbons (Fsp3) is 0.556. The summed E-state index contributed by atoms with van der Waals surface area (Å²) in [6, 6.07) is 0. The van der Waals surface area contributed by atoms with E-state index in [2.05, 4.69) is 14.9 Å². The van der Waals surface area contributed by atoms with Crippen LogP contribution in [-0.2, 0) is 0 Å². The summed E-state index contributed by atoms with van der Waals surface area (Å²) in [5.41, 5.74) is 5.71. The van der Waals surface area contributed by atoms with Crippen molar-refractivity contribution >= 4 is 35.5 Å². The third-order valence-corrected chi connectivity index (χ3v) is 3.10. The van der Waals surface area contributed by atoms with E-state index in [1.165, 1.54) is 19.3 Å². The number of H-pyrrole nitrogens is 1. The first kappa shape index (κ1) is 10.7. The number of nitrogen functional groups attached to an aromatic ring is 1. The van der Waals surface area contributed by atoms with E-state index in [0.29, 0.717) is 15.6 Å². The van der Waals surface area contributed by atoms with Crippen LogP contribution in [0.25, 0.3) is 0 Å². The molecule has 6 heteroatoms. The number of piperidine rings is 1. The van der Waals surface area contributed by atoms with Crippen LogP contribution < -0.4 is 10.6 Å². The van der Waals surface area contributed by atoms with Gasteiger partial charge in [0.25, 0.3) is 0 Å². The summed E-state index contributed by atoms with van der Waals surface area (Å²) in [6.45, 7) is 1.95. The second-order valence-corrected chi connectivity index (χ2v) is 4.41. The molecule has 0 aliphatic carbocycles. The molecule has 1 saturated heterocycles. The van der Waals surface area contributed by atoms with E-state index in [4.69, 9.17) is 29.6 Å². The Balaban J connectivity index is 2.37. The summed E-state index contributed by atoms with van der Waals surface area (Å²) in [7, 11) is 0. The van der Waals surface area contributed by atoms with Gasteiger partial charge in [-0.25, -0.2) is 4.98 Å². The topological polar surface area (TPSA) is 57.9 Å². The summed E-state index contributed by atoms with van der Waals surface area (Å²) in [4.78, 5) is 9.12. The number of nitrogens with one attached hydrogen (secondary N) is 1. The van der Waals surface area contributed by atoms with E-state index in [1.807, 2.05) is 0 Å². The Hall–Kier alpha value is -0.810. The van der Waals surface area contributed by atoms with Crippen molar-refractivity contribution in [2.24, 2.45) is 0 Å². The van der Waals surface area contributed by atoms with Crippen LogP contribution in [0, 0.1) is 4.77 Å². The minimum absolute atomic E-state index is 0.387. The lowest BCUT2D eigenvalue weighted by atomic mass is 10.1. The number of rotatable bonds is 1. The van der Waals surface area contributed by atoms with Crippen molar-refractivity contribution in [2.45, 2.75) is 19.3 Å². The van der Waals surface area contributed by atoms with Gasteiger partial charge < -0.3 is 15.6 Å². The Morgan fingerprint density at radius 1 is 1.33 bits per heavy atom. The molecule has 0 aromatic carbocycles. The number of anilines is 2. The van der Waals surface area contributed by atoms with Gasteiger partial charge in [-0.1, -0.05) is 11.6 Å². The van der Waals surface area contributed by atoms with Crippen molar-refractivity contribution in [1.82, 2.24) is 9.97 Å². The highest BCUT2D eigenvalue weighted by Gasteiger charge is 2.16. The molecule has 0 atom stereocenters. The lowest BCUT2D eigenvalue weighted by molar-refractivity contribution is 0.573. The van der Waals surface area contributed by atoms with Gasteiger partial charge in [0.15, 0.2) is 10.6 Å². The van der Waals surface area contributed by atoms with Gasteiger partial charge in [-0.3, -0.25) is 0 Å². The number of nitrogens with zero attached hydrogens (tertiary/aromatic N) is 2. The van der Waals surface area contributed by atoms with E-state index < -0.39 is 0 Å². The highest BCUT2D eigenvalue weighted by atomic mass is 35.5. The number of hydrogen-bond donors (Lipinski definition) is 2. The van der Waals surface area contributed by atoms with Crippen LogP contribution >= 0.6 is 23.8 Å². The maximum Gasteiger partial charge on any atom is 0.200 e. The maximum atomic E-state index is 6.09. The second kappa shape index (κ2) is 4.37. The van der Waals surface area contributed by atoms with E-state index in [0.717, 1.165) is 18.9 Å². The van der Waals surface area contributed by atoms with Crippen LogP contribution in [0.2, 0.25) is 5.02 Å². The average Bonchev–Trinajstić information content (AvgIpc) is 2.24. The molecule has 0 unspecified atom stereocenters. The van der Waals surface area contributed by atoms with Gasteiger partial charge in [0.1, 0.15) is 10.8 Å². The summed E-state index contributed by atoms with van der Waals surface area (Å²) < 4.78 is 0.387. The molecule has 4 nitrogen and oxygen atoms in total. The normalized spacial score (nSPS) is 16.7. The van der Waals surface area contributed by atoms with Crippen molar-refractivity contribution in [2.75, 3.05) is 23.7 Å². The van der Waals surface area contributed by atoms with Gasteiger partial charge >= 0.3 is 0 Å². The summed E-state index contributed by atoms with van der Waals surface area (Å²) >= 11 is 11.1. The maximum absolute atomic E-state index is 6.09. The predicted octanol–water partition coefficient (Wildman–Crippen LogP) is 2.37. The molecule has 1 fully saturated rings. The van der Waals surface area contributed by atoms with Crippen molar-refractivity contribution in [3.05, 3.63) is 9.79 Å². The minimum atomic E-state index is 0.387. The molecule has 0 bridgehead atoms. The molecule has 2 heterocycles. The third-order valence-electron chi connectivity index (χ3n) is 2.54. The zero-order chi connectivity index (χ0) is 10.8. The summed E-state index contributed by atoms with van der Waals surface area (Å²) in [5.74, 6) is 1.12. The van der Waals surface area contributed by atoms with Crippen molar-refractivity contribution in [1.29, 1.82) is 0 Å². The van der Waals surface area contributed by atoms with E-state index in [-0.39, 0.29) is 0 Å². The Bertz CT molecular complexity index is 411. The Morgan fingerprint density at radius 3 is 2.67 bits per heavy atom. The Kier molecular flexibility index (Phi) is 3.11. The molecule has 1 aromatic heterocycles. The molecule has 3 N–H and O–H groups in total. The van der Waals surface area contributed by atoms with Gasteiger partial charge in [0, 0.05) is 13.1 Å². The summed E-state index contributed by atoms with van der Waals surface area (Å²) in [5, 5.41) is 0.477. The van der Waals surface area contributed by atoms with E-state index >= 15 is 0 Å². The third kappa shape index (κ3) is 2.23. The number of aromatic amines is 1. The SMILES string of the molecule is Nc1[nH]c(=S)nc(N2CCCCC2)c1Cl. The molecule has 15 heavy (non-hydrogen) atoms. The number of hydrogen-bond acceptors (Lipinski definition) is 4. The van der Waals surface area contributed by atoms with Gasteiger partial charge in [0.2, 0.25) is 0 Å². The van der Waals surface area contributed by atoms with Crippen molar-refractivity contribution in [3.63, 3.8) is 0 Å². The molecule has 0 spiro atoms. The Morgan fingerprint density at radius 2 is 2.00 bits per heavy atom. The molecule has 0 amide bonds. The monoisotopic (exact) mass is 244 g/mol. The smallest absolute Gasteiger partial charge is 0.200 e. The van der Waals surface area contributed by atoms with E-state index in [1.54, 1.807) is 0 Å². The van der Waals surface area contributed by atoms with Gasteiger partial charge in [-0.2, -0.15) is 0 Å². The first-order chi connectivity index (χ1) is 7.18. The fourth-order valence-corrected chi connectivity index (χ4v) is 2.18. The van der Waals surface area contributed by atoms with Crippen molar-refractivity contribution < 1.29 is 0 Å². The number of halogens is 1. The minimum Gasteiger partial charge on any atom is -0.384 e. The highest BCUT2D eigenvalue weighted by molar-refractivity contribution is 7.71. The van der Waals surface area contributed by atoms with Crippen LogP contribution in [0.1, 0.15) is 19.3 Å². The van der Waals surface area contributed by atoms with E-state index in [9.17, 15) is 0 Å². The molecule has 0 saturated carbocycles. The first-order valence-corrected chi connectivity index (χ1v) is 5.77. The van der Waals surface area contributed by atoms with Gasteiger partial charge in [0.05, 0.1) is 0 Å². The lowest BCUT2D eigenvalue weighted by Crippen LogP contribution is -2.30. The Labute approximate surface area is 98.5 Å². The number of aromatic nitrogens is 2. The molecule has 1 aromatic rings. The first-order valence-electron chi connectivity index (χ1n) is 4.99.